The summed E-state index contributed by atoms with van der Waals surface area (Å²) < 4.78 is 5.74. The Labute approximate surface area is 176 Å². The minimum absolute atomic E-state index is 0.00532. The highest BCUT2D eigenvalue weighted by atomic mass is 32.1. The normalized spacial score (nSPS) is 18.6. The molecule has 4 rings (SSSR count). The number of hydrogen-bond acceptors (Lipinski definition) is 4. The summed E-state index contributed by atoms with van der Waals surface area (Å²) in [5.74, 6) is 0.211. The van der Waals surface area contributed by atoms with Gasteiger partial charge in [0.05, 0.1) is 19.2 Å². The lowest BCUT2D eigenvalue weighted by atomic mass is 10.2. The minimum atomic E-state index is -0.00532. The van der Waals surface area contributed by atoms with Gasteiger partial charge in [0.25, 0.3) is 0 Å². The van der Waals surface area contributed by atoms with Crippen molar-refractivity contribution >= 4 is 23.2 Å². The first-order valence-corrected chi connectivity index (χ1v) is 11.3. The fourth-order valence-corrected chi connectivity index (χ4v) is 4.46. The summed E-state index contributed by atoms with van der Waals surface area (Å²) in [4.78, 5) is 30.9. The van der Waals surface area contributed by atoms with Crippen molar-refractivity contribution in [3.8, 4) is 0 Å². The zero-order chi connectivity index (χ0) is 20.1. The van der Waals surface area contributed by atoms with Gasteiger partial charge >= 0.3 is 0 Å². The molecule has 6 heteroatoms. The van der Waals surface area contributed by atoms with E-state index in [4.69, 9.17) is 4.74 Å². The Morgan fingerprint density at radius 3 is 2.48 bits per heavy atom. The smallest absolute Gasteiger partial charge is 0.242 e. The molecular weight excluding hydrogens is 384 g/mol. The Hall–Kier alpha value is -2.18. The zero-order valence-electron chi connectivity index (χ0n) is 16.7. The third-order valence-corrected chi connectivity index (χ3v) is 6.37. The van der Waals surface area contributed by atoms with Crippen molar-refractivity contribution < 1.29 is 14.3 Å². The molecule has 1 unspecified atom stereocenters. The zero-order valence-corrected chi connectivity index (χ0v) is 17.5. The molecule has 2 fully saturated rings. The Kier molecular flexibility index (Phi) is 6.62. The quantitative estimate of drug-likeness (QED) is 0.631. The number of amides is 2. The van der Waals surface area contributed by atoms with Crippen LogP contribution in [0.3, 0.4) is 0 Å². The van der Waals surface area contributed by atoms with E-state index in [-0.39, 0.29) is 30.4 Å². The van der Waals surface area contributed by atoms with Gasteiger partial charge in [0.15, 0.2) is 0 Å². The second-order valence-corrected chi connectivity index (χ2v) is 8.98. The molecule has 1 aliphatic carbocycles. The third kappa shape index (κ3) is 5.67. The van der Waals surface area contributed by atoms with Crippen molar-refractivity contribution in [2.75, 3.05) is 19.7 Å². The predicted octanol–water partition coefficient (Wildman–Crippen LogP) is 3.69. The summed E-state index contributed by atoms with van der Waals surface area (Å²) in [6, 6.07) is 14.1. The molecule has 0 N–H and O–H groups in total. The van der Waals surface area contributed by atoms with Crippen LogP contribution in [0.5, 0.6) is 0 Å². The molecule has 1 saturated carbocycles. The van der Waals surface area contributed by atoms with Crippen LogP contribution >= 0.6 is 11.3 Å². The first-order chi connectivity index (χ1) is 14.2. The highest BCUT2D eigenvalue weighted by Crippen LogP contribution is 2.31. The molecule has 1 aromatic carbocycles. The van der Waals surface area contributed by atoms with E-state index in [1.165, 1.54) is 0 Å². The van der Waals surface area contributed by atoms with Gasteiger partial charge in [-0.15, -0.1) is 11.3 Å². The molecule has 2 aliphatic rings. The van der Waals surface area contributed by atoms with Crippen molar-refractivity contribution in [3.05, 3.63) is 58.3 Å². The van der Waals surface area contributed by atoms with Crippen LogP contribution in [0.15, 0.2) is 47.8 Å². The third-order valence-electron chi connectivity index (χ3n) is 5.51. The van der Waals surface area contributed by atoms with Gasteiger partial charge in [-0.05, 0) is 42.7 Å². The number of nitrogens with zero attached hydrogens (tertiary/aromatic N) is 2. The van der Waals surface area contributed by atoms with E-state index < -0.39 is 0 Å². The van der Waals surface area contributed by atoms with Gasteiger partial charge in [-0.25, -0.2) is 0 Å². The number of hydrogen-bond donors (Lipinski definition) is 0. The Balaban J connectivity index is 1.46. The van der Waals surface area contributed by atoms with Crippen molar-refractivity contribution in [2.24, 2.45) is 5.92 Å². The van der Waals surface area contributed by atoms with Gasteiger partial charge in [-0.3, -0.25) is 9.59 Å². The SMILES string of the molecule is O=C(CN(CC1CCCO1)C(=O)C1CC1)N(Cc1ccccc1)Cc1cccs1. The van der Waals surface area contributed by atoms with Crippen molar-refractivity contribution in [1.82, 2.24) is 9.80 Å². The first kappa shape index (κ1) is 20.1. The van der Waals surface area contributed by atoms with Gasteiger partial charge in [0.1, 0.15) is 0 Å². The molecule has 5 nitrogen and oxygen atoms in total. The van der Waals surface area contributed by atoms with Crippen LogP contribution in [0.1, 0.15) is 36.1 Å². The van der Waals surface area contributed by atoms with E-state index in [0.717, 1.165) is 42.7 Å². The van der Waals surface area contributed by atoms with Crippen molar-refractivity contribution in [3.63, 3.8) is 0 Å². The summed E-state index contributed by atoms with van der Waals surface area (Å²) >= 11 is 1.65. The molecule has 0 bridgehead atoms. The highest BCUT2D eigenvalue weighted by molar-refractivity contribution is 7.09. The van der Waals surface area contributed by atoms with E-state index in [1.54, 1.807) is 16.2 Å². The fraction of sp³-hybridized carbons (Fsp3) is 0.478. The van der Waals surface area contributed by atoms with Crippen molar-refractivity contribution in [2.45, 2.75) is 44.9 Å². The summed E-state index contributed by atoms with van der Waals surface area (Å²) in [7, 11) is 0. The number of carbonyl (C=O) groups is 2. The van der Waals surface area contributed by atoms with Crippen LogP contribution in [0.4, 0.5) is 0 Å². The van der Waals surface area contributed by atoms with Gasteiger partial charge in [-0.1, -0.05) is 36.4 Å². The second-order valence-electron chi connectivity index (χ2n) is 7.94. The lowest BCUT2D eigenvalue weighted by Gasteiger charge is -2.29. The molecular formula is C23H28N2O3S. The molecule has 2 aromatic rings. The van der Waals surface area contributed by atoms with Crippen LogP contribution in [-0.4, -0.2) is 47.4 Å². The molecule has 29 heavy (non-hydrogen) atoms. The second kappa shape index (κ2) is 9.55. The number of benzene rings is 1. The Morgan fingerprint density at radius 2 is 1.83 bits per heavy atom. The van der Waals surface area contributed by atoms with Gasteiger partial charge in [0, 0.05) is 30.5 Å². The van der Waals surface area contributed by atoms with Crippen LogP contribution in [0.2, 0.25) is 0 Å². The van der Waals surface area contributed by atoms with Crippen LogP contribution in [-0.2, 0) is 27.4 Å². The van der Waals surface area contributed by atoms with Gasteiger partial charge in [-0.2, -0.15) is 0 Å². The van der Waals surface area contributed by atoms with E-state index in [9.17, 15) is 9.59 Å². The van der Waals surface area contributed by atoms with E-state index >= 15 is 0 Å². The maximum Gasteiger partial charge on any atom is 0.242 e. The van der Waals surface area contributed by atoms with Crippen molar-refractivity contribution in [1.29, 1.82) is 0 Å². The Morgan fingerprint density at radius 1 is 1.00 bits per heavy atom. The molecule has 1 atom stereocenters. The standard InChI is InChI=1S/C23H28N2O3S/c26-22(17-25(23(27)19-10-11-19)15-20-8-4-12-28-20)24(16-21-9-5-13-29-21)14-18-6-2-1-3-7-18/h1-3,5-7,9,13,19-20H,4,8,10-12,14-17H2. The molecule has 1 aliphatic heterocycles. The molecule has 1 aromatic heterocycles. The Bertz CT molecular complexity index is 799. The van der Waals surface area contributed by atoms with Gasteiger partial charge < -0.3 is 14.5 Å². The molecule has 1 saturated heterocycles. The summed E-state index contributed by atoms with van der Waals surface area (Å²) in [5, 5.41) is 2.03. The maximum atomic E-state index is 13.3. The lowest BCUT2D eigenvalue weighted by molar-refractivity contribution is -0.143. The average molecular weight is 413 g/mol. The number of ether oxygens (including phenoxy) is 1. The average Bonchev–Trinajstić information content (AvgIpc) is 3.21. The lowest BCUT2D eigenvalue weighted by Crippen LogP contribution is -2.45. The summed E-state index contributed by atoms with van der Waals surface area (Å²) in [6.07, 6.45) is 3.94. The van der Waals surface area contributed by atoms with Gasteiger partial charge in [0.2, 0.25) is 11.8 Å². The largest absolute Gasteiger partial charge is 0.376 e. The van der Waals surface area contributed by atoms with E-state index in [0.29, 0.717) is 19.6 Å². The first-order valence-electron chi connectivity index (χ1n) is 10.4. The van der Waals surface area contributed by atoms with Crippen LogP contribution < -0.4 is 0 Å². The molecule has 0 radical (unpaired) electrons. The topological polar surface area (TPSA) is 49.9 Å². The van der Waals surface area contributed by atoms with Crippen LogP contribution in [0, 0.1) is 5.92 Å². The number of thiophene rings is 1. The maximum absolute atomic E-state index is 13.3. The minimum Gasteiger partial charge on any atom is -0.376 e. The summed E-state index contributed by atoms with van der Waals surface area (Å²) in [6.45, 7) is 2.52. The molecule has 154 valence electrons. The number of rotatable bonds is 9. The molecule has 2 amide bonds. The van der Waals surface area contributed by atoms with Crippen LogP contribution in [0.25, 0.3) is 0 Å². The highest BCUT2D eigenvalue weighted by Gasteiger charge is 2.36. The molecule has 0 spiro atoms. The summed E-state index contributed by atoms with van der Waals surface area (Å²) in [5.41, 5.74) is 1.09. The van der Waals surface area contributed by atoms with E-state index in [2.05, 4.69) is 6.07 Å². The predicted molar refractivity (Wildman–Crippen MR) is 113 cm³/mol. The number of carbonyl (C=O) groups excluding carboxylic acids is 2. The van der Waals surface area contributed by atoms with E-state index in [1.807, 2.05) is 46.7 Å². The fourth-order valence-electron chi connectivity index (χ4n) is 3.75. The molecule has 2 heterocycles. The monoisotopic (exact) mass is 412 g/mol.